The number of nitriles is 1. The molecule has 2 heterocycles. The summed E-state index contributed by atoms with van der Waals surface area (Å²) in [5.74, 6) is 2.58. The number of halogens is 1. The first-order valence-corrected chi connectivity index (χ1v) is 13.7. The lowest BCUT2D eigenvalue weighted by atomic mass is 9.96. The third-order valence-electron chi connectivity index (χ3n) is 6.72. The first-order chi connectivity index (χ1) is 20.1. The van der Waals surface area contributed by atoms with E-state index in [1.165, 1.54) is 6.20 Å². The zero-order chi connectivity index (χ0) is 28.6. The zero-order valence-corrected chi connectivity index (χ0v) is 23.4. The van der Waals surface area contributed by atoms with Gasteiger partial charge in [0, 0.05) is 42.7 Å². The molecule has 0 unspecified atom stereocenters. The predicted octanol–water partition coefficient (Wildman–Crippen LogP) is 5.59. The Morgan fingerprint density at radius 3 is 2.63 bits per heavy atom. The highest BCUT2D eigenvalue weighted by molar-refractivity contribution is 6.32. The summed E-state index contributed by atoms with van der Waals surface area (Å²) in [6.07, 6.45) is 3.17. The van der Waals surface area contributed by atoms with Gasteiger partial charge in [0.15, 0.2) is 11.5 Å². The number of hydrogen-bond acceptors (Lipinski definition) is 8. The van der Waals surface area contributed by atoms with Crippen molar-refractivity contribution in [2.45, 2.75) is 26.7 Å². The first-order valence-electron chi connectivity index (χ1n) is 13.3. The Morgan fingerprint density at radius 2 is 1.80 bits per heavy atom. The number of rotatable bonds is 11. The van der Waals surface area contributed by atoms with E-state index in [0.717, 1.165) is 44.9 Å². The lowest BCUT2D eigenvalue weighted by Gasteiger charge is -2.20. The molecule has 0 saturated carbocycles. The molecule has 4 aromatic rings. The van der Waals surface area contributed by atoms with E-state index in [1.54, 1.807) is 24.4 Å². The smallest absolute Gasteiger partial charge is 0.161 e. The SMILES string of the molecule is Cc1c(COc2cc(OCc3cncc(C#N)c3)c(CNCCO)cc2Cl)cccc1-c1ccc2c(c1)OCCO2. The van der Waals surface area contributed by atoms with E-state index in [1.807, 2.05) is 30.3 Å². The van der Waals surface area contributed by atoms with E-state index in [-0.39, 0.29) is 13.2 Å². The van der Waals surface area contributed by atoms with Crippen LogP contribution in [-0.4, -0.2) is 36.5 Å². The van der Waals surface area contributed by atoms with E-state index in [2.05, 4.69) is 29.4 Å². The summed E-state index contributed by atoms with van der Waals surface area (Å²) in [7, 11) is 0. The molecule has 5 rings (SSSR count). The second-order valence-corrected chi connectivity index (χ2v) is 9.92. The molecule has 41 heavy (non-hydrogen) atoms. The van der Waals surface area contributed by atoms with Crippen LogP contribution in [0, 0.1) is 18.3 Å². The summed E-state index contributed by atoms with van der Waals surface area (Å²) in [4.78, 5) is 4.10. The maximum atomic E-state index is 9.18. The van der Waals surface area contributed by atoms with Crippen LogP contribution in [0.4, 0.5) is 0 Å². The van der Waals surface area contributed by atoms with Gasteiger partial charge in [0.05, 0.1) is 17.2 Å². The molecule has 8 nitrogen and oxygen atoms in total. The fourth-order valence-corrected chi connectivity index (χ4v) is 4.81. The monoisotopic (exact) mass is 571 g/mol. The molecule has 0 atom stereocenters. The lowest BCUT2D eigenvalue weighted by molar-refractivity contribution is 0.171. The number of fused-ring (bicyclic) bond motifs is 1. The van der Waals surface area contributed by atoms with Gasteiger partial charge in [-0.1, -0.05) is 35.9 Å². The van der Waals surface area contributed by atoms with Gasteiger partial charge in [-0.2, -0.15) is 5.26 Å². The van der Waals surface area contributed by atoms with Crippen molar-refractivity contribution >= 4 is 11.6 Å². The molecule has 1 aromatic heterocycles. The fraction of sp³-hybridized carbons (Fsp3) is 0.250. The lowest BCUT2D eigenvalue weighted by Crippen LogP contribution is -2.18. The Kier molecular flexibility index (Phi) is 9.22. The number of ether oxygens (including phenoxy) is 4. The zero-order valence-electron chi connectivity index (χ0n) is 22.7. The summed E-state index contributed by atoms with van der Waals surface area (Å²) in [6.45, 7) is 4.58. The van der Waals surface area contributed by atoms with Gasteiger partial charge in [-0.15, -0.1) is 0 Å². The van der Waals surface area contributed by atoms with E-state index in [0.29, 0.717) is 55.0 Å². The minimum Gasteiger partial charge on any atom is -0.488 e. The van der Waals surface area contributed by atoms with Crippen molar-refractivity contribution in [1.29, 1.82) is 5.26 Å². The van der Waals surface area contributed by atoms with E-state index in [4.69, 9.17) is 30.5 Å². The Balaban J connectivity index is 1.35. The van der Waals surface area contributed by atoms with Gasteiger partial charge < -0.3 is 29.4 Å². The average molecular weight is 572 g/mol. The summed E-state index contributed by atoms with van der Waals surface area (Å²) in [5, 5.41) is 22.0. The number of aliphatic hydroxyl groups excluding tert-OH is 1. The number of hydrogen-bond donors (Lipinski definition) is 2. The minimum atomic E-state index is 0.0163. The van der Waals surface area contributed by atoms with Crippen molar-refractivity contribution in [1.82, 2.24) is 10.3 Å². The molecule has 0 fully saturated rings. The van der Waals surface area contributed by atoms with Crippen LogP contribution in [0.3, 0.4) is 0 Å². The average Bonchev–Trinajstić information content (AvgIpc) is 3.00. The van der Waals surface area contributed by atoms with Gasteiger partial charge in [0.2, 0.25) is 0 Å². The van der Waals surface area contributed by atoms with Gasteiger partial charge in [0.25, 0.3) is 0 Å². The summed E-state index contributed by atoms with van der Waals surface area (Å²) < 4.78 is 23.8. The van der Waals surface area contributed by atoms with Crippen LogP contribution >= 0.6 is 11.6 Å². The Hall–Kier alpha value is -4.29. The van der Waals surface area contributed by atoms with E-state index in [9.17, 15) is 10.4 Å². The highest BCUT2D eigenvalue weighted by Crippen LogP contribution is 2.37. The topological polar surface area (TPSA) is 106 Å². The molecular formula is C32H30ClN3O5. The molecule has 2 N–H and O–H groups in total. The molecule has 0 radical (unpaired) electrons. The van der Waals surface area contributed by atoms with Crippen LogP contribution in [0.15, 0.2) is 67.0 Å². The third kappa shape index (κ3) is 6.90. The second kappa shape index (κ2) is 13.4. The Bertz CT molecular complexity index is 1570. The molecule has 0 bridgehead atoms. The first kappa shape index (κ1) is 28.2. The van der Waals surface area contributed by atoms with Crippen molar-refractivity contribution in [3.05, 3.63) is 99.8 Å². The molecule has 3 aromatic carbocycles. The Morgan fingerprint density at radius 1 is 0.976 bits per heavy atom. The quantitative estimate of drug-likeness (QED) is 0.224. The molecule has 1 aliphatic rings. The normalized spacial score (nSPS) is 12.0. The molecule has 0 spiro atoms. The van der Waals surface area contributed by atoms with Crippen molar-refractivity contribution in [2.24, 2.45) is 0 Å². The van der Waals surface area contributed by atoms with Crippen LogP contribution in [-0.2, 0) is 19.8 Å². The standard InChI is InChI=1S/C32H30ClN3O5/c1-21-25(3-2-4-27(21)24-5-6-29-32(13-24)39-10-9-38-29)20-41-31-14-30(26(12-28(31)33)18-35-7-8-37)40-19-23-11-22(15-34)16-36-17-23/h2-6,11-14,16-17,35,37H,7-10,18-20H2,1H3. The van der Waals surface area contributed by atoms with Crippen molar-refractivity contribution in [3.63, 3.8) is 0 Å². The van der Waals surface area contributed by atoms with Gasteiger partial charge in [0.1, 0.15) is 44.0 Å². The molecule has 0 saturated heterocycles. The molecule has 0 amide bonds. The van der Waals surface area contributed by atoms with Crippen molar-refractivity contribution in [2.75, 3.05) is 26.4 Å². The van der Waals surface area contributed by atoms with Crippen LogP contribution in [0.5, 0.6) is 23.0 Å². The maximum Gasteiger partial charge on any atom is 0.161 e. The fourth-order valence-electron chi connectivity index (χ4n) is 4.57. The maximum absolute atomic E-state index is 9.18. The van der Waals surface area contributed by atoms with Gasteiger partial charge in [-0.3, -0.25) is 4.98 Å². The Labute approximate surface area is 244 Å². The number of nitrogens with zero attached hydrogens (tertiary/aromatic N) is 2. The van der Waals surface area contributed by atoms with Gasteiger partial charge >= 0.3 is 0 Å². The molecular weight excluding hydrogens is 542 g/mol. The number of aromatic nitrogens is 1. The molecule has 9 heteroatoms. The second-order valence-electron chi connectivity index (χ2n) is 9.51. The van der Waals surface area contributed by atoms with E-state index >= 15 is 0 Å². The number of benzene rings is 3. The summed E-state index contributed by atoms with van der Waals surface area (Å²) in [5.41, 5.74) is 6.27. The molecule has 0 aliphatic carbocycles. The highest BCUT2D eigenvalue weighted by atomic mass is 35.5. The number of pyridine rings is 1. The van der Waals surface area contributed by atoms with Crippen molar-refractivity contribution in [3.8, 4) is 40.2 Å². The van der Waals surface area contributed by atoms with Crippen LogP contribution < -0.4 is 24.3 Å². The van der Waals surface area contributed by atoms with Crippen LogP contribution in [0.2, 0.25) is 5.02 Å². The predicted molar refractivity (Wildman–Crippen MR) is 155 cm³/mol. The van der Waals surface area contributed by atoms with Gasteiger partial charge in [-0.05, 0) is 53.4 Å². The molecule has 1 aliphatic heterocycles. The minimum absolute atomic E-state index is 0.0163. The number of aliphatic hydroxyl groups is 1. The van der Waals surface area contributed by atoms with Crippen LogP contribution in [0.1, 0.15) is 27.8 Å². The largest absolute Gasteiger partial charge is 0.488 e. The summed E-state index contributed by atoms with van der Waals surface area (Å²) in [6, 6.07) is 19.5. The third-order valence-corrected chi connectivity index (χ3v) is 7.02. The summed E-state index contributed by atoms with van der Waals surface area (Å²) >= 11 is 6.64. The highest BCUT2D eigenvalue weighted by Gasteiger charge is 2.16. The molecule has 210 valence electrons. The van der Waals surface area contributed by atoms with E-state index < -0.39 is 0 Å². The van der Waals surface area contributed by atoms with Gasteiger partial charge in [-0.25, -0.2) is 0 Å². The van der Waals surface area contributed by atoms with Crippen LogP contribution in [0.25, 0.3) is 11.1 Å². The number of nitrogens with one attached hydrogen (secondary N) is 1. The van der Waals surface area contributed by atoms with Crippen molar-refractivity contribution < 1.29 is 24.1 Å².